The van der Waals surface area contributed by atoms with Crippen LogP contribution < -0.4 is 0 Å². The van der Waals surface area contributed by atoms with Gasteiger partial charge in [0.15, 0.2) is 0 Å². The molecule has 1 aromatic rings. The minimum absolute atomic E-state index is 0.0595. The van der Waals surface area contributed by atoms with Crippen LogP contribution in [0.2, 0.25) is 0 Å². The maximum Gasteiger partial charge on any atom is 0.142 e. The molecule has 0 spiro atoms. The van der Waals surface area contributed by atoms with E-state index in [0.29, 0.717) is 0 Å². The Morgan fingerprint density at radius 3 is 2.54 bits per heavy atom. The van der Waals surface area contributed by atoms with Crippen LogP contribution in [0.3, 0.4) is 0 Å². The predicted molar refractivity (Wildman–Crippen MR) is 51.6 cm³/mol. The van der Waals surface area contributed by atoms with Gasteiger partial charge in [-0.15, -0.1) is 0 Å². The lowest BCUT2D eigenvalue weighted by Gasteiger charge is -2.08. The molecule has 0 aliphatic heterocycles. The molecule has 2 heteroatoms. The van der Waals surface area contributed by atoms with Crippen LogP contribution in [0.15, 0.2) is 30.3 Å². The Labute approximate surface area is 78.2 Å². The van der Waals surface area contributed by atoms with E-state index in [4.69, 9.17) is 5.11 Å². The van der Waals surface area contributed by atoms with E-state index < -0.39 is 0 Å². The summed E-state index contributed by atoms with van der Waals surface area (Å²) in [6.07, 6.45) is 0.246. The third-order valence-corrected chi connectivity index (χ3v) is 2.14. The second-order valence-electron chi connectivity index (χ2n) is 3.07. The summed E-state index contributed by atoms with van der Waals surface area (Å²) in [6, 6.07) is 9.61. The lowest BCUT2D eigenvalue weighted by Crippen LogP contribution is -2.10. The number of aliphatic hydroxyl groups is 1. The number of rotatable bonds is 4. The van der Waals surface area contributed by atoms with Gasteiger partial charge in [0.2, 0.25) is 0 Å². The Hall–Kier alpha value is -1.15. The third kappa shape index (κ3) is 2.67. The Morgan fingerprint density at radius 1 is 1.38 bits per heavy atom. The largest absolute Gasteiger partial charge is 0.396 e. The normalized spacial score (nSPS) is 12.5. The van der Waals surface area contributed by atoms with E-state index in [1.165, 1.54) is 0 Å². The highest BCUT2D eigenvalue weighted by Gasteiger charge is 2.13. The number of hydrogen-bond acceptors (Lipinski definition) is 2. The first-order valence-electron chi connectivity index (χ1n) is 4.44. The molecule has 0 saturated heterocycles. The van der Waals surface area contributed by atoms with Crippen LogP contribution in [0, 0.1) is 0 Å². The fourth-order valence-corrected chi connectivity index (χ4v) is 1.25. The van der Waals surface area contributed by atoms with Crippen LogP contribution in [0.1, 0.15) is 24.8 Å². The zero-order chi connectivity index (χ0) is 9.68. The Morgan fingerprint density at radius 2 is 2.00 bits per heavy atom. The lowest BCUT2D eigenvalue weighted by atomic mass is 9.95. The molecular formula is C11H14O2. The van der Waals surface area contributed by atoms with Crippen LogP contribution in [0.4, 0.5) is 0 Å². The third-order valence-electron chi connectivity index (χ3n) is 2.14. The van der Waals surface area contributed by atoms with Crippen molar-refractivity contribution in [1.82, 2.24) is 0 Å². The predicted octanol–water partition coefficient (Wildman–Crippen LogP) is 1.74. The zero-order valence-electron chi connectivity index (χ0n) is 7.73. The number of ketones is 1. The summed E-state index contributed by atoms with van der Waals surface area (Å²) in [6.45, 7) is 1.81. The van der Waals surface area contributed by atoms with Crippen molar-refractivity contribution in [2.75, 3.05) is 6.61 Å². The second-order valence-corrected chi connectivity index (χ2v) is 3.07. The Bertz CT molecular complexity index is 267. The summed E-state index contributed by atoms with van der Waals surface area (Å²) in [5, 5.41) is 8.61. The summed E-state index contributed by atoms with van der Waals surface area (Å²) in [5.41, 5.74) is 1.01. The molecule has 1 rings (SSSR count). The SMILES string of the molecule is CC(C(=O)CCO)c1ccccc1. The summed E-state index contributed by atoms with van der Waals surface area (Å²) in [4.78, 5) is 11.4. The van der Waals surface area contributed by atoms with Crippen molar-refractivity contribution in [2.45, 2.75) is 19.3 Å². The number of aliphatic hydroxyl groups excluding tert-OH is 1. The lowest BCUT2D eigenvalue weighted by molar-refractivity contribution is -0.120. The summed E-state index contributed by atoms with van der Waals surface area (Å²) in [7, 11) is 0. The van der Waals surface area contributed by atoms with Gasteiger partial charge in [-0.3, -0.25) is 4.79 Å². The molecule has 1 N–H and O–H groups in total. The van der Waals surface area contributed by atoms with Crippen molar-refractivity contribution in [3.8, 4) is 0 Å². The van der Waals surface area contributed by atoms with E-state index in [0.717, 1.165) is 5.56 Å². The highest BCUT2D eigenvalue weighted by atomic mass is 16.3. The zero-order valence-corrected chi connectivity index (χ0v) is 7.73. The van der Waals surface area contributed by atoms with Gasteiger partial charge in [0.25, 0.3) is 0 Å². The van der Waals surface area contributed by atoms with Crippen molar-refractivity contribution < 1.29 is 9.90 Å². The first-order valence-corrected chi connectivity index (χ1v) is 4.44. The molecule has 0 aliphatic rings. The smallest absolute Gasteiger partial charge is 0.142 e. The fourth-order valence-electron chi connectivity index (χ4n) is 1.25. The average Bonchev–Trinajstić information content (AvgIpc) is 2.18. The summed E-state index contributed by atoms with van der Waals surface area (Å²) in [5.74, 6) is -0.0120. The van der Waals surface area contributed by atoms with E-state index in [1.807, 2.05) is 37.3 Å². The molecule has 0 aromatic heterocycles. The number of benzene rings is 1. The number of carbonyl (C=O) groups excluding carboxylic acids is 1. The van der Waals surface area contributed by atoms with E-state index in [1.54, 1.807) is 0 Å². The summed E-state index contributed by atoms with van der Waals surface area (Å²) >= 11 is 0. The van der Waals surface area contributed by atoms with Gasteiger partial charge in [-0.1, -0.05) is 37.3 Å². The molecule has 0 amide bonds. The van der Waals surface area contributed by atoms with E-state index in [2.05, 4.69) is 0 Å². The van der Waals surface area contributed by atoms with E-state index >= 15 is 0 Å². The van der Waals surface area contributed by atoms with E-state index in [-0.39, 0.29) is 24.7 Å². The van der Waals surface area contributed by atoms with Crippen LogP contribution in [-0.2, 0) is 4.79 Å². The van der Waals surface area contributed by atoms with Gasteiger partial charge in [0.05, 0.1) is 0 Å². The van der Waals surface area contributed by atoms with Gasteiger partial charge in [-0.05, 0) is 5.56 Å². The first-order chi connectivity index (χ1) is 6.25. The van der Waals surface area contributed by atoms with Crippen LogP contribution in [0.25, 0.3) is 0 Å². The highest BCUT2D eigenvalue weighted by molar-refractivity contribution is 5.85. The molecule has 1 unspecified atom stereocenters. The van der Waals surface area contributed by atoms with Crippen molar-refractivity contribution in [1.29, 1.82) is 0 Å². The Kier molecular flexibility index (Phi) is 3.65. The summed E-state index contributed by atoms with van der Waals surface area (Å²) < 4.78 is 0. The number of Topliss-reactive ketones (excluding diaryl/α,β-unsaturated/α-hetero) is 1. The van der Waals surface area contributed by atoms with Crippen molar-refractivity contribution in [3.05, 3.63) is 35.9 Å². The van der Waals surface area contributed by atoms with Gasteiger partial charge >= 0.3 is 0 Å². The van der Waals surface area contributed by atoms with Crippen LogP contribution >= 0.6 is 0 Å². The molecule has 13 heavy (non-hydrogen) atoms. The van der Waals surface area contributed by atoms with E-state index in [9.17, 15) is 4.79 Å². The molecule has 0 saturated carbocycles. The van der Waals surface area contributed by atoms with Gasteiger partial charge in [-0.25, -0.2) is 0 Å². The van der Waals surface area contributed by atoms with Gasteiger partial charge in [-0.2, -0.15) is 0 Å². The maximum atomic E-state index is 11.4. The topological polar surface area (TPSA) is 37.3 Å². The molecule has 0 radical (unpaired) electrons. The quantitative estimate of drug-likeness (QED) is 0.762. The Balaban J connectivity index is 2.68. The molecule has 0 bridgehead atoms. The molecule has 2 nitrogen and oxygen atoms in total. The molecule has 0 aliphatic carbocycles. The molecule has 70 valence electrons. The highest BCUT2D eigenvalue weighted by Crippen LogP contribution is 2.16. The number of hydrogen-bond donors (Lipinski definition) is 1. The van der Waals surface area contributed by atoms with Gasteiger partial charge in [0.1, 0.15) is 5.78 Å². The average molecular weight is 178 g/mol. The molecule has 1 atom stereocenters. The first kappa shape index (κ1) is 9.93. The standard InChI is InChI=1S/C11H14O2/c1-9(11(13)7-8-12)10-5-3-2-4-6-10/h2-6,9,12H,7-8H2,1H3. The molecule has 1 aromatic carbocycles. The number of carbonyl (C=O) groups is 1. The second kappa shape index (κ2) is 4.77. The molecule has 0 fully saturated rings. The van der Waals surface area contributed by atoms with Gasteiger partial charge < -0.3 is 5.11 Å². The van der Waals surface area contributed by atoms with Crippen molar-refractivity contribution in [3.63, 3.8) is 0 Å². The van der Waals surface area contributed by atoms with Crippen molar-refractivity contribution in [2.24, 2.45) is 0 Å². The molecule has 0 heterocycles. The monoisotopic (exact) mass is 178 g/mol. The van der Waals surface area contributed by atoms with Crippen LogP contribution in [0.5, 0.6) is 0 Å². The van der Waals surface area contributed by atoms with Crippen LogP contribution in [-0.4, -0.2) is 17.5 Å². The molecular weight excluding hydrogens is 164 g/mol. The fraction of sp³-hybridized carbons (Fsp3) is 0.364. The van der Waals surface area contributed by atoms with Gasteiger partial charge in [0, 0.05) is 18.9 Å². The maximum absolute atomic E-state index is 11.4. The minimum Gasteiger partial charge on any atom is -0.396 e. The van der Waals surface area contributed by atoms with Crippen molar-refractivity contribution >= 4 is 5.78 Å². The minimum atomic E-state index is -0.103.